The standard InChI is InChI=1S/C25H25N5O6/c1-3-12-30(14-15-4-9-19-18(13-15)23(34)29(2)25(26)28-19)17-7-5-16(6-8-17)22(33)27-20(24(35)36)10-11-21(31)32/h1,4-9,13,20H,10-12,14H2,2H3,(H2,26,28)(H,27,33)(H,31,32)(H,35,36). The second-order valence-corrected chi connectivity index (χ2v) is 8.09. The second-order valence-electron chi connectivity index (χ2n) is 8.09. The highest BCUT2D eigenvalue weighted by molar-refractivity contribution is 5.97. The maximum atomic E-state index is 12.6. The Balaban J connectivity index is 1.79. The molecule has 0 fully saturated rings. The van der Waals surface area contributed by atoms with Crippen LogP contribution in [0.15, 0.2) is 47.3 Å². The molecule has 0 radical (unpaired) electrons. The highest BCUT2D eigenvalue weighted by Crippen LogP contribution is 2.20. The Bertz CT molecular complexity index is 1410. The number of nitrogens with zero attached hydrogens (tertiary/aromatic N) is 3. The highest BCUT2D eigenvalue weighted by atomic mass is 16.4. The van der Waals surface area contributed by atoms with Crippen LogP contribution in [0.4, 0.5) is 11.6 Å². The smallest absolute Gasteiger partial charge is 0.326 e. The molecule has 5 N–H and O–H groups in total. The zero-order valence-corrected chi connectivity index (χ0v) is 19.5. The van der Waals surface area contributed by atoms with Gasteiger partial charge in [-0.2, -0.15) is 0 Å². The third kappa shape index (κ3) is 5.98. The van der Waals surface area contributed by atoms with E-state index in [4.69, 9.17) is 17.3 Å². The van der Waals surface area contributed by atoms with Crippen LogP contribution in [-0.2, 0) is 23.2 Å². The Morgan fingerprint density at radius 1 is 1.19 bits per heavy atom. The first kappa shape index (κ1) is 25.8. The second kappa shape index (κ2) is 11.1. The van der Waals surface area contributed by atoms with Gasteiger partial charge in [-0.25, -0.2) is 9.78 Å². The number of nitrogens with one attached hydrogen (secondary N) is 1. The summed E-state index contributed by atoms with van der Waals surface area (Å²) < 4.78 is 1.27. The zero-order valence-electron chi connectivity index (χ0n) is 19.5. The van der Waals surface area contributed by atoms with Gasteiger partial charge in [-0.1, -0.05) is 12.0 Å². The lowest BCUT2D eigenvalue weighted by Gasteiger charge is -2.23. The van der Waals surface area contributed by atoms with Gasteiger partial charge in [0.05, 0.1) is 17.4 Å². The number of hydrogen-bond acceptors (Lipinski definition) is 7. The van der Waals surface area contributed by atoms with Crippen LogP contribution in [0.1, 0.15) is 28.8 Å². The number of carbonyl (C=O) groups excluding carboxylic acids is 1. The summed E-state index contributed by atoms with van der Waals surface area (Å²) in [5, 5.41) is 20.8. The quantitative estimate of drug-likeness (QED) is 0.305. The summed E-state index contributed by atoms with van der Waals surface area (Å²) in [6, 6.07) is 10.3. The van der Waals surface area contributed by atoms with Crippen molar-refractivity contribution in [2.75, 3.05) is 17.2 Å². The molecule has 3 aromatic rings. The molecular weight excluding hydrogens is 466 g/mol. The molecule has 0 bridgehead atoms. The number of hydrogen-bond donors (Lipinski definition) is 4. The molecule has 0 saturated heterocycles. The van der Waals surface area contributed by atoms with Gasteiger partial charge in [0.2, 0.25) is 5.95 Å². The average Bonchev–Trinajstić information content (AvgIpc) is 2.85. The van der Waals surface area contributed by atoms with Gasteiger partial charge in [0.15, 0.2) is 0 Å². The van der Waals surface area contributed by atoms with E-state index < -0.39 is 23.9 Å². The molecule has 1 aromatic heterocycles. The van der Waals surface area contributed by atoms with E-state index in [0.717, 1.165) is 5.56 Å². The monoisotopic (exact) mass is 491 g/mol. The van der Waals surface area contributed by atoms with Crippen LogP contribution in [-0.4, -0.2) is 50.2 Å². The largest absolute Gasteiger partial charge is 0.481 e. The molecule has 1 heterocycles. The SMILES string of the molecule is C#CCN(Cc1ccc2nc(N)n(C)c(=O)c2c1)c1ccc(C(=O)NC(CCC(=O)O)C(=O)O)cc1. The molecular formula is C25H25N5O6. The third-order valence-corrected chi connectivity index (χ3v) is 5.58. The highest BCUT2D eigenvalue weighted by Gasteiger charge is 2.22. The molecule has 11 heteroatoms. The molecule has 2 aromatic carbocycles. The number of terminal acetylenes is 1. The minimum Gasteiger partial charge on any atom is -0.481 e. The summed E-state index contributed by atoms with van der Waals surface area (Å²) in [4.78, 5) is 53.2. The van der Waals surface area contributed by atoms with Crippen LogP contribution >= 0.6 is 0 Å². The predicted molar refractivity (Wildman–Crippen MR) is 133 cm³/mol. The van der Waals surface area contributed by atoms with Crippen LogP contribution in [0.25, 0.3) is 10.9 Å². The van der Waals surface area contributed by atoms with Crippen molar-refractivity contribution in [1.29, 1.82) is 0 Å². The predicted octanol–water partition coefficient (Wildman–Crippen LogP) is 1.20. The summed E-state index contributed by atoms with van der Waals surface area (Å²) in [5.74, 6) is -0.397. The number of nitrogens with two attached hydrogens (primary N) is 1. The van der Waals surface area contributed by atoms with Crippen molar-refractivity contribution >= 4 is 40.4 Å². The number of nitrogen functional groups attached to an aromatic ring is 1. The van der Waals surface area contributed by atoms with Crippen LogP contribution in [0, 0.1) is 12.3 Å². The Morgan fingerprint density at radius 3 is 2.50 bits per heavy atom. The fourth-order valence-corrected chi connectivity index (χ4v) is 3.59. The summed E-state index contributed by atoms with van der Waals surface area (Å²) in [7, 11) is 1.55. The Morgan fingerprint density at radius 2 is 1.89 bits per heavy atom. The van der Waals surface area contributed by atoms with Gasteiger partial charge in [-0.15, -0.1) is 6.42 Å². The average molecular weight is 492 g/mol. The molecule has 0 aliphatic heterocycles. The number of rotatable bonds is 10. The lowest BCUT2D eigenvalue weighted by atomic mass is 10.1. The van der Waals surface area contributed by atoms with Crippen LogP contribution < -0.4 is 21.5 Å². The first-order valence-electron chi connectivity index (χ1n) is 10.9. The van der Waals surface area contributed by atoms with Crippen LogP contribution in [0.2, 0.25) is 0 Å². The van der Waals surface area contributed by atoms with Crippen molar-refractivity contribution in [3.05, 3.63) is 63.9 Å². The lowest BCUT2D eigenvalue weighted by Crippen LogP contribution is -2.41. The third-order valence-electron chi connectivity index (χ3n) is 5.58. The van der Waals surface area contributed by atoms with Crippen molar-refractivity contribution in [2.45, 2.75) is 25.4 Å². The normalized spacial score (nSPS) is 11.4. The number of anilines is 2. The number of amides is 1. The molecule has 36 heavy (non-hydrogen) atoms. The molecule has 1 unspecified atom stereocenters. The van der Waals surface area contributed by atoms with E-state index >= 15 is 0 Å². The first-order valence-corrected chi connectivity index (χ1v) is 10.9. The molecule has 11 nitrogen and oxygen atoms in total. The molecule has 0 saturated carbocycles. The minimum absolute atomic E-state index is 0.120. The van der Waals surface area contributed by atoms with Gasteiger partial charge in [-0.3, -0.25) is 19.0 Å². The molecule has 1 amide bonds. The number of carboxylic acids is 2. The topological polar surface area (TPSA) is 168 Å². The van der Waals surface area contributed by atoms with E-state index in [1.807, 2.05) is 11.0 Å². The minimum atomic E-state index is -1.32. The molecule has 186 valence electrons. The maximum absolute atomic E-state index is 12.6. The van der Waals surface area contributed by atoms with Crippen molar-refractivity contribution in [1.82, 2.24) is 14.9 Å². The summed E-state index contributed by atoms with van der Waals surface area (Å²) in [5.41, 5.74) is 7.71. The Kier molecular flexibility index (Phi) is 7.91. The van der Waals surface area contributed by atoms with Crippen LogP contribution in [0.3, 0.4) is 0 Å². The number of fused-ring (bicyclic) bond motifs is 1. The molecule has 1 atom stereocenters. The van der Waals surface area contributed by atoms with Gasteiger partial charge < -0.3 is 26.2 Å². The van der Waals surface area contributed by atoms with Gasteiger partial charge in [-0.05, 0) is 48.4 Å². The molecule has 3 rings (SSSR count). The summed E-state index contributed by atoms with van der Waals surface area (Å²) >= 11 is 0. The summed E-state index contributed by atoms with van der Waals surface area (Å²) in [6.07, 6.45) is 4.93. The maximum Gasteiger partial charge on any atom is 0.326 e. The fourth-order valence-electron chi connectivity index (χ4n) is 3.59. The molecule has 0 spiro atoms. The fraction of sp³-hybridized carbons (Fsp3) is 0.240. The number of carboxylic acid groups (broad SMARTS) is 2. The van der Waals surface area contributed by atoms with E-state index in [0.29, 0.717) is 23.1 Å². The first-order chi connectivity index (χ1) is 17.1. The van der Waals surface area contributed by atoms with E-state index in [9.17, 15) is 24.3 Å². The van der Waals surface area contributed by atoms with Gasteiger partial charge in [0, 0.05) is 31.3 Å². The van der Waals surface area contributed by atoms with Crippen molar-refractivity contribution in [2.24, 2.45) is 7.05 Å². The van der Waals surface area contributed by atoms with E-state index in [2.05, 4.69) is 16.2 Å². The van der Waals surface area contributed by atoms with Crippen molar-refractivity contribution in [3.8, 4) is 12.3 Å². The Hall–Kier alpha value is -4.85. The van der Waals surface area contributed by atoms with Gasteiger partial charge in [0.1, 0.15) is 6.04 Å². The van der Waals surface area contributed by atoms with Crippen molar-refractivity contribution < 1.29 is 24.6 Å². The van der Waals surface area contributed by atoms with Gasteiger partial charge >= 0.3 is 11.9 Å². The number of carbonyl (C=O) groups is 3. The lowest BCUT2D eigenvalue weighted by molar-refractivity contribution is -0.140. The number of aliphatic carboxylic acids is 2. The van der Waals surface area contributed by atoms with Crippen molar-refractivity contribution in [3.63, 3.8) is 0 Å². The molecule has 0 aliphatic carbocycles. The van der Waals surface area contributed by atoms with E-state index in [1.165, 1.54) is 16.7 Å². The number of aromatic nitrogens is 2. The van der Waals surface area contributed by atoms with Gasteiger partial charge in [0.25, 0.3) is 11.5 Å². The molecule has 0 aliphatic rings. The zero-order chi connectivity index (χ0) is 26.4. The van der Waals surface area contributed by atoms with E-state index in [-0.39, 0.29) is 36.5 Å². The Labute approximate surface area is 206 Å². The van der Waals surface area contributed by atoms with E-state index in [1.54, 1.807) is 31.3 Å². The number of benzene rings is 2. The summed E-state index contributed by atoms with van der Waals surface area (Å²) in [6.45, 7) is 0.618. The van der Waals surface area contributed by atoms with Crippen LogP contribution in [0.5, 0.6) is 0 Å².